The number of halogens is 7. The van der Waals surface area contributed by atoms with Crippen LogP contribution in [0, 0.1) is 0 Å². The van der Waals surface area contributed by atoms with Gasteiger partial charge in [0.15, 0.2) is 0 Å². The Morgan fingerprint density at radius 3 is 1.95 bits per heavy atom. The fourth-order valence-corrected chi connectivity index (χ4v) is 3.38. The molecule has 0 saturated heterocycles. The molecule has 0 fully saturated rings. The number of nitrogens with two attached hydrogens (primary N) is 2. The maximum absolute atomic E-state index is 13.4. The molecule has 0 bridgehead atoms. The van der Waals surface area contributed by atoms with Crippen LogP contribution in [-0.4, -0.2) is 35.9 Å². The van der Waals surface area contributed by atoms with Gasteiger partial charge in [-0.05, 0) is 60.2 Å². The van der Waals surface area contributed by atoms with Crippen molar-refractivity contribution in [2.24, 2.45) is 0 Å². The van der Waals surface area contributed by atoms with E-state index in [1.807, 2.05) is 0 Å². The average molecular weight is 628 g/mol. The first-order chi connectivity index (χ1) is 20.5. The number of carbonyl (C=O) groups excluding carboxylic acids is 3. The predicted molar refractivity (Wildman–Crippen MR) is 143 cm³/mol. The van der Waals surface area contributed by atoms with Crippen molar-refractivity contribution in [2.45, 2.75) is 37.5 Å². The molecule has 0 atom stereocenters. The second-order valence-corrected chi connectivity index (χ2v) is 9.13. The minimum atomic E-state index is -6.50. The van der Waals surface area contributed by atoms with Crippen molar-refractivity contribution in [1.82, 2.24) is 0 Å². The molecule has 44 heavy (non-hydrogen) atoms. The number of anilines is 2. The van der Waals surface area contributed by atoms with Crippen LogP contribution in [0.5, 0.6) is 11.5 Å². The minimum Gasteiger partial charge on any atom is -0.458 e. The summed E-state index contributed by atoms with van der Waals surface area (Å²) in [5.41, 5.74) is 13.4. The number of hydrogen-bond donors (Lipinski definition) is 2. The summed E-state index contributed by atoms with van der Waals surface area (Å²) in [7, 11) is 0. The Labute approximate surface area is 245 Å². The van der Waals surface area contributed by atoms with Crippen molar-refractivity contribution in [1.29, 1.82) is 0 Å². The average Bonchev–Trinajstić information content (AvgIpc) is 2.95. The lowest BCUT2D eigenvalue weighted by Gasteiger charge is -2.27. The van der Waals surface area contributed by atoms with Gasteiger partial charge in [0.05, 0.1) is 12.0 Å². The van der Waals surface area contributed by atoms with Gasteiger partial charge in [-0.25, -0.2) is 9.59 Å². The summed E-state index contributed by atoms with van der Waals surface area (Å²) < 4.78 is 104. The standard InChI is InChI=1S/C29H23F7N2O6/c30-27(31,28(32,33)29(34,35)36)14-13-25(40)43-21-10-5-18(6-11-21)26(41)44-22-8-1-17(2-9-22)3-12-24(39)42-16-19-4-7-20(37)15-23(19)38/h1-12,15H,13-14,16,37-38H2/b12-3+. The summed E-state index contributed by atoms with van der Waals surface area (Å²) in [4.78, 5) is 36.1. The maximum atomic E-state index is 13.4. The van der Waals surface area contributed by atoms with E-state index in [4.69, 9.17) is 20.9 Å². The Bertz CT molecular complexity index is 1520. The van der Waals surface area contributed by atoms with Gasteiger partial charge in [-0.3, -0.25) is 4.79 Å². The third-order valence-corrected chi connectivity index (χ3v) is 5.82. The normalized spacial score (nSPS) is 12.2. The lowest BCUT2D eigenvalue weighted by molar-refractivity contribution is -0.355. The van der Waals surface area contributed by atoms with Crippen molar-refractivity contribution < 1.29 is 59.3 Å². The molecule has 4 N–H and O–H groups in total. The second-order valence-electron chi connectivity index (χ2n) is 9.13. The lowest BCUT2D eigenvalue weighted by Crippen LogP contribution is -2.52. The number of esters is 3. The molecule has 0 unspecified atom stereocenters. The fraction of sp³-hybridized carbons (Fsp3) is 0.207. The van der Waals surface area contributed by atoms with Crippen molar-refractivity contribution in [3.05, 3.63) is 89.5 Å². The number of alkyl halides is 7. The van der Waals surface area contributed by atoms with Crippen LogP contribution < -0.4 is 20.9 Å². The number of rotatable bonds is 11. The Kier molecular flexibility index (Phi) is 10.2. The van der Waals surface area contributed by atoms with E-state index in [0.717, 1.165) is 24.3 Å². The molecule has 8 nitrogen and oxygen atoms in total. The molecule has 0 aliphatic rings. The van der Waals surface area contributed by atoms with Gasteiger partial charge in [0.25, 0.3) is 0 Å². The number of benzene rings is 3. The van der Waals surface area contributed by atoms with Crippen molar-refractivity contribution in [2.75, 3.05) is 11.5 Å². The molecule has 0 heterocycles. The van der Waals surface area contributed by atoms with Gasteiger partial charge in [0.1, 0.15) is 18.1 Å². The highest BCUT2D eigenvalue weighted by molar-refractivity contribution is 5.91. The second kappa shape index (κ2) is 13.5. The smallest absolute Gasteiger partial charge is 0.458 e. The maximum Gasteiger partial charge on any atom is 0.459 e. The van der Waals surface area contributed by atoms with Gasteiger partial charge < -0.3 is 25.7 Å². The third kappa shape index (κ3) is 8.72. The highest BCUT2D eigenvalue weighted by Gasteiger charge is 2.72. The van der Waals surface area contributed by atoms with Crippen LogP contribution in [-0.2, 0) is 20.9 Å². The Hall–Kier alpha value is -5.08. The molecule has 3 aromatic rings. The van der Waals surface area contributed by atoms with E-state index in [-0.39, 0.29) is 23.7 Å². The fourth-order valence-electron chi connectivity index (χ4n) is 3.38. The molecule has 3 aromatic carbocycles. The number of carbonyl (C=O) groups is 3. The van der Waals surface area contributed by atoms with E-state index in [0.29, 0.717) is 22.5 Å². The zero-order valence-electron chi connectivity index (χ0n) is 22.4. The largest absolute Gasteiger partial charge is 0.459 e. The molecule has 0 aliphatic heterocycles. The molecular formula is C29H23F7N2O6. The molecule has 0 saturated carbocycles. The van der Waals surface area contributed by atoms with Gasteiger partial charge >= 0.3 is 35.9 Å². The lowest BCUT2D eigenvalue weighted by atomic mass is 10.1. The molecule has 0 aliphatic carbocycles. The molecule has 0 aromatic heterocycles. The van der Waals surface area contributed by atoms with Crippen molar-refractivity contribution in [3.63, 3.8) is 0 Å². The van der Waals surface area contributed by atoms with E-state index in [1.165, 1.54) is 24.3 Å². The zero-order chi connectivity index (χ0) is 32.7. The van der Waals surface area contributed by atoms with Crippen molar-refractivity contribution in [3.8, 4) is 11.5 Å². The summed E-state index contributed by atoms with van der Waals surface area (Å²) in [6.45, 7) is -0.0562. The van der Waals surface area contributed by atoms with Crippen LogP contribution in [0.1, 0.15) is 34.3 Å². The highest BCUT2D eigenvalue weighted by Crippen LogP contribution is 2.48. The van der Waals surface area contributed by atoms with Crippen LogP contribution in [0.3, 0.4) is 0 Å². The molecule has 15 heteroatoms. The third-order valence-electron chi connectivity index (χ3n) is 5.82. The molecule has 234 valence electrons. The van der Waals surface area contributed by atoms with Crippen LogP contribution in [0.15, 0.2) is 72.8 Å². The summed E-state index contributed by atoms with van der Waals surface area (Å²) in [5.74, 6) is -15.0. The minimum absolute atomic E-state index is 0.0328. The van der Waals surface area contributed by atoms with Gasteiger partial charge in [0.2, 0.25) is 0 Å². The van der Waals surface area contributed by atoms with Gasteiger partial charge in [-0.2, -0.15) is 30.7 Å². The highest BCUT2D eigenvalue weighted by atomic mass is 19.4. The van der Waals surface area contributed by atoms with Crippen LogP contribution >= 0.6 is 0 Å². The Morgan fingerprint density at radius 1 is 0.773 bits per heavy atom. The van der Waals surface area contributed by atoms with Crippen LogP contribution in [0.4, 0.5) is 42.1 Å². The van der Waals surface area contributed by atoms with Crippen LogP contribution in [0.2, 0.25) is 0 Å². The molecule has 3 rings (SSSR count). The molecular weight excluding hydrogens is 605 g/mol. The van der Waals surface area contributed by atoms with E-state index in [1.54, 1.807) is 30.3 Å². The first-order valence-corrected chi connectivity index (χ1v) is 12.4. The SMILES string of the molecule is Nc1ccc(COC(=O)/C=C/c2ccc(OC(=O)c3ccc(OC(=O)CCC(F)(F)C(F)(F)C(F)(F)F)cc3)cc2)c(N)c1. The summed E-state index contributed by atoms with van der Waals surface area (Å²) >= 11 is 0. The number of hydrogen-bond acceptors (Lipinski definition) is 8. The zero-order valence-corrected chi connectivity index (χ0v) is 22.4. The Morgan fingerprint density at radius 2 is 1.36 bits per heavy atom. The van der Waals surface area contributed by atoms with Crippen molar-refractivity contribution >= 4 is 35.4 Å². The predicted octanol–water partition coefficient (Wildman–Crippen LogP) is 6.35. The van der Waals surface area contributed by atoms with E-state index in [2.05, 4.69) is 4.74 Å². The molecule has 0 spiro atoms. The summed E-state index contributed by atoms with van der Waals surface area (Å²) in [6, 6.07) is 15.2. The monoisotopic (exact) mass is 628 g/mol. The van der Waals surface area contributed by atoms with Gasteiger partial charge in [0, 0.05) is 29.4 Å². The Balaban J connectivity index is 1.48. The molecule has 0 radical (unpaired) electrons. The van der Waals surface area contributed by atoms with Gasteiger partial charge in [-0.15, -0.1) is 0 Å². The first kappa shape index (κ1) is 33.4. The molecule has 0 amide bonds. The van der Waals surface area contributed by atoms with Crippen LogP contribution in [0.25, 0.3) is 6.08 Å². The first-order valence-electron chi connectivity index (χ1n) is 12.4. The number of nitrogen functional groups attached to an aromatic ring is 2. The topological polar surface area (TPSA) is 131 Å². The van der Waals surface area contributed by atoms with E-state index in [9.17, 15) is 45.1 Å². The number of ether oxygens (including phenoxy) is 3. The van der Waals surface area contributed by atoms with Gasteiger partial charge in [-0.1, -0.05) is 18.2 Å². The van der Waals surface area contributed by atoms with E-state index >= 15 is 0 Å². The summed E-state index contributed by atoms with van der Waals surface area (Å²) in [6.07, 6.45) is -7.40. The quantitative estimate of drug-likeness (QED) is 0.0827. The summed E-state index contributed by atoms with van der Waals surface area (Å²) in [5, 5.41) is 0. The van der Waals surface area contributed by atoms with E-state index < -0.39 is 48.8 Å².